The summed E-state index contributed by atoms with van der Waals surface area (Å²) in [5.74, 6) is 0.989. The molecule has 0 aliphatic heterocycles. The molecule has 0 aromatic carbocycles. The van der Waals surface area contributed by atoms with E-state index in [2.05, 4.69) is 15.4 Å². The van der Waals surface area contributed by atoms with Gasteiger partial charge in [0, 0.05) is 18.7 Å². The molecule has 0 bridgehead atoms. The van der Waals surface area contributed by atoms with Crippen molar-refractivity contribution in [2.75, 3.05) is 5.75 Å². The maximum Gasteiger partial charge on any atom is 0.343 e. The van der Waals surface area contributed by atoms with Crippen LogP contribution in [0.5, 0.6) is 0 Å². The quantitative estimate of drug-likeness (QED) is 0.166. The first-order valence-corrected chi connectivity index (χ1v) is 6.42. The standard InChI is InChI=1S/C9H17N5O2S/c1-2-5-14-8(15)11-12-9(14)17-6-3-4-7(10)13-16/h16H,2-6H2,1H3,(H2,10,13)(H,11,15). The highest BCUT2D eigenvalue weighted by atomic mass is 32.2. The summed E-state index contributed by atoms with van der Waals surface area (Å²) in [5.41, 5.74) is 5.17. The zero-order chi connectivity index (χ0) is 12.7. The smallest absolute Gasteiger partial charge is 0.343 e. The van der Waals surface area contributed by atoms with Gasteiger partial charge < -0.3 is 10.9 Å². The molecule has 1 heterocycles. The van der Waals surface area contributed by atoms with Gasteiger partial charge in [0.05, 0.1) is 0 Å². The van der Waals surface area contributed by atoms with Crippen LogP contribution in [-0.4, -0.2) is 31.6 Å². The summed E-state index contributed by atoms with van der Waals surface area (Å²) in [6.07, 6.45) is 2.19. The summed E-state index contributed by atoms with van der Waals surface area (Å²) in [5, 5.41) is 18.3. The number of H-pyrrole nitrogens is 1. The number of nitrogens with one attached hydrogen (secondary N) is 1. The first-order valence-electron chi connectivity index (χ1n) is 5.43. The van der Waals surface area contributed by atoms with E-state index in [1.165, 1.54) is 11.8 Å². The number of nitrogens with zero attached hydrogens (tertiary/aromatic N) is 3. The molecule has 7 nitrogen and oxygen atoms in total. The largest absolute Gasteiger partial charge is 0.409 e. The molecule has 0 amide bonds. The lowest BCUT2D eigenvalue weighted by Crippen LogP contribution is -2.17. The molecular weight excluding hydrogens is 242 g/mol. The van der Waals surface area contributed by atoms with E-state index < -0.39 is 0 Å². The molecule has 0 saturated heterocycles. The summed E-state index contributed by atoms with van der Waals surface area (Å²) < 4.78 is 1.62. The fraction of sp³-hybridized carbons (Fsp3) is 0.667. The minimum atomic E-state index is -0.175. The number of amidine groups is 1. The van der Waals surface area contributed by atoms with Gasteiger partial charge in [-0.25, -0.2) is 9.89 Å². The van der Waals surface area contributed by atoms with Crippen LogP contribution < -0.4 is 11.4 Å². The Morgan fingerprint density at radius 3 is 3.12 bits per heavy atom. The Morgan fingerprint density at radius 1 is 1.71 bits per heavy atom. The second kappa shape index (κ2) is 7.00. The molecular formula is C9H17N5O2S. The monoisotopic (exact) mass is 259 g/mol. The van der Waals surface area contributed by atoms with Crippen molar-refractivity contribution >= 4 is 17.6 Å². The predicted molar refractivity (Wildman–Crippen MR) is 66.5 cm³/mol. The summed E-state index contributed by atoms with van der Waals surface area (Å²) in [6.45, 7) is 2.67. The number of hydrogen-bond donors (Lipinski definition) is 3. The molecule has 96 valence electrons. The van der Waals surface area contributed by atoms with Crippen molar-refractivity contribution in [3.63, 3.8) is 0 Å². The Hall–Kier alpha value is -1.44. The summed E-state index contributed by atoms with van der Waals surface area (Å²) >= 11 is 1.49. The van der Waals surface area contributed by atoms with Gasteiger partial charge in [-0.05, 0) is 12.8 Å². The summed E-state index contributed by atoms with van der Waals surface area (Å²) in [6, 6.07) is 0. The van der Waals surface area contributed by atoms with Crippen LogP contribution in [-0.2, 0) is 6.54 Å². The SMILES string of the molecule is CCCn1c(SCCCC(N)=NO)n[nH]c1=O. The van der Waals surface area contributed by atoms with Crippen LogP contribution in [0.2, 0.25) is 0 Å². The van der Waals surface area contributed by atoms with E-state index in [0.29, 0.717) is 18.1 Å². The van der Waals surface area contributed by atoms with Crippen LogP contribution in [0.15, 0.2) is 15.1 Å². The zero-order valence-electron chi connectivity index (χ0n) is 9.72. The molecule has 0 unspecified atom stereocenters. The maximum atomic E-state index is 11.4. The molecule has 1 rings (SSSR count). The van der Waals surface area contributed by atoms with Gasteiger partial charge in [-0.2, -0.15) is 0 Å². The van der Waals surface area contributed by atoms with Crippen LogP contribution >= 0.6 is 11.8 Å². The van der Waals surface area contributed by atoms with E-state index in [1.54, 1.807) is 4.57 Å². The van der Waals surface area contributed by atoms with E-state index in [9.17, 15) is 4.79 Å². The van der Waals surface area contributed by atoms with Crippen molar-refractivity contribution in [3.8, 4) is 0 Å². The first kappa shape index (κ1) is 13.6. The van der Waals surface area contributed by atoms with Crippen molar-refractivity contribution in [3.05, 3.63) is 10.5 Å². The molecule has 0 saturated carbocycles. The lowest BCUT2D eigenvalue weighted by atomic mass is 10.3. The molecule has 0 fully saturated rings. The molecule has 0 aliphatic carbocycles. The highest BCUT2D eigenvalue weighted by Gasteiger charge is 2.07. The second-order valence-corrected chi connectivity index (χ2v) is 4.57. The van der Waals surface area contributed by atoms with Crippen molar-refractivity contribution in [2.24, 2.45) is 10.9 Å². The Labute approximate surface area is 103 Å². The van der Waals surface area contributed by atoms with E-state index in [-0.39, 0.29) is 11.5 Å². The summed E-state index contributed by atoms with van der Waals surface area (Å²) in [7, 11) is 0. The highest BCUT2D eigenvalue weighted by molar-refractivity contribution is 7.99. The van der Waals surface area contributed by atoms with Crippen LogP contribution in [0.25, 0.3) is 0 Å². The van der Waals surface area contributed by atoms with Crippen LogP contribution in [0.3, 0.4) is 0 Å². The Morgan fingerprint density at radius 2 is 2.47 bits per heavy atom. The molecule has 0 spiro atoms. The van der Waals surface area contributed by atoms with Gasteiger partial charge >= 0.3 is 5.69 Å². The van der Waals surface area contributed by atoms with Crippen molar-refractivity contribution < 1.29 is 5.21 Å². The topological polar surface area (TPSA) is 109 Å². The van der Waals surface area contributed by atoms with Crippen molar-refractivity contribution in [1.82, 2.24) is 14.8 Å². The average molecular weight is 259 g/mol. The van der Waals surface area contributed by atoms with E-state index in [4.69, 9.17) is 10.9 Å². The highest BCUT2D eigenvalue weighted by Crippen LogP contribution is 2.15. The lowest BCUT2D eigenvalue weighted by molar-refractivity contribution is 0.317. The van der Waals surface area contributed by atoms with Gasteiger partial charge in [-0.15, -0.1) is 5.10 Å². The van der Waals surface area contributed by atoms with Gasteiger partial charge in [-0.1, -0.05) is 23.8 Å². The number of rotatable bonds is 7. The number of nitrogens with two attached hydrogens (primary N) is 1. The van der Waals surface area contributed by atoms with Crippen molar-refractivity contribution in [1.29, 1.82) is 0 Å². The van der Waals surface area contributed by atoms with Crippen LogP contribution in [0.4, 0.5) is 0 Å². The molecule has 0 atom stereocenters. The molecule has 8 heteroatoms. The lowest BCUT2D eigenvalue weighted by Gasteiger charge is -2.03. The van der Waals surface area contributed by atoms with Gasteiger partial charge in [0.2, 0.25) is 0 Å². The molecule has 17 heavy (non-hydrogen) atoms. The minimum absolute atomic E-state index is 0.175. The van der Waals surface area contributed by atoms with E-state index >= 15 is 0 Å². The first-order chi connectivity index (χ1) is 8.19. The fourth-order valence-corrected chi connectivity index (χ4v) is 2.21. The normalized spacial score (nSPS) is 11.9. The number of aromatic amines is 1. The van der Waals surface area contributed by atoms with E-state index in [0.717, 1.165) is 18.6 Å². The molecule has 4 N–H and O–H groups in total. The van der Waals surface area contributed by atoms with Gasteiger partial charge in [-0.3, -0.25) is 4.57 Å². The molecule has 0 radical (unpaired) electrons. The minimum Gasteiger partial charge on any atom is -0.409 e. The Bertz CT molecular complexity index is 425. The second-order valence-electron chi connectivity index (χ2n) is 3.51. The molecule has 0 aliphatic rings. The van der Waals surface area contributed by atoms with E-state index in [1.807, 2.05) is 6.92 Å². The van der Waals surface area contributed by atoms with Gasteiger partial charge in [0.15, 0.2) is 5.16 Å². The van der Waals surface area contributed by atoms with Crippen LogP contribution in [0.1, 0.15) is 26.2 Å². The van der Waals surface area contributed by atoms with Crippen LogP contribution in [0, 0.1) is 0 Å². The zero-order valence-corrected chi connectivity index (χ0v) is 10.5. The predicted octanol–water partition coefficient (Wildman–Crippen LogP) is 0.600. The van der Waals surface area contributed by atoms with Crippen molar-refractivity contribution in [2.45, 2.75) is 37.9 Å². The fourth-order valence-electron chi connectivity index (χ4n) is 1.30. The number of oxime groups is 1. The third-order valence-electron chi connectivity index (χ3n) is 2.11. The Kier molecular flexibility index (Phi) is 5.61. The third-order valence-corrected chi connectivity index (χ3v) is 3.17. The Balaban J connectivity index is 2.44. The number of thioether (sulfide) groups is 1. The summed E-state index contributed by atoms with van der Waals surface area (Å²) in [4.78, 5) is 11.4. The average Bonchev–Trinajstić information content (AvgIpc) is 2.67. The van der Waals surface area contributed by atoms with Gasteiger partial charge in [0.1, 0.15) is 5.84 Å². The molecule has 1 aromatic heterocycles. The molecule has 1 aromatic rings. The maximum absolute atomic E-state index is 11.4. The number of hydrogen-bond acceptors (Lipinski definition) is 5. The third kappa shape index (κ3) is 4.14. The number of aromatic nitrogens is 3. The van der Waals surface area contributed by atoms with Gasteiger partial charge in [0.25, 0.3) is 0 Å².